The van der Waals surface area contributed by atoms with E-state index >= 15 is 0 Å². The number of ether oxygens (including phenoxy) is 4. The van der Waals surface area contributed by atoms with Crippen molar-refractivity contribution in [1.29, 1.82) is 0 Å². The smallest absolute Gasteiger partial charge is 0.508 e. The number of phenolic OH excluding ortho intramolecular Hbond substituents is 1. The highest BCUT2D eigenvalue weighted by atomic mass is 32.2. The monoisotopic (exact) mass is 706 g/mol. The van der Waals surface area contributed by atoms with E-state index in [1.807, 2.05) is 0 Å². The van der Waals surface area contributed by atoms with E-state index in [-0.39, 0.29) is 48.1 Å². The Balaban J connectivity index is 1.69. The van der Waals surface area contributed by atoms with Crippen LogP contribution in [0.25, 0.3) is 0 Å². The van der Waals surface area contributed by atoms with Crippen molar-refractivity contribution in [2.45, 2.75) is 55.3 Å². The van der Waals surface area contributed by atoms with E-state index in [1.54, 1.807) is 37.3 Å². The van der Waals surface area contributed by atoms with E-state index in [0.29, 0.717) is 15.9 Å². The number of anilines is 1. The molecular formula is C33H33F3N2O10S. The summed E-state index contributed by atoms with van der Waals surface area (Å²) in [6.07, 6.45) is -5.62. The number of aliphatic hydroxyl groups excluding tert-OH is 1. The number of amides is 1. The van der Waals surface area contributed by atoms with Gasteiger partial charge in [0.2, 0.25) is 0 Å². The van der Waals surface area contributed by atoms with Crippen molar-refractivity contribution < 1.29 is 60.3 Å². The molecule has 2 heterocycles. The highest BCUT2D eigenvalue weighted by Crippen LogP contribution is 2.53. The maximum atomic E-state index is 15.0. The number of aliphatic hydroxyl groups is 1. The molecule has 0 spiro atoms. The molecule has 2 aliphatic rings. The molecule has 3 aromatic rings. The van der Waals surface area contributed by atoms with Gasteiger partial charge in [-0.05, 0) is 48.9 Å². The number of hydrogen-bond donors (Lipinski definition) is 2. The minimum absolute atomic E-state index is 0.112. The van der Waals surface area contributed by atoms with Crippen molar-refractivity contribution in [2.24, 2.45) is 0 Å². The van der Waals surface area contributed by atoms with E-state index in [0.717, 1.165) is 37.4 Å². The number of β-amino-alcohol motifs (C(OH)–C–C–N with tert-alkyl or cyclic N) is 1. The van der Waals surface area contributed by atoms with Crippen LogP contribution >= 0.6 is 0 Å². The van der Waals surface area contributed by atoms with Gasteiger partial charge >= 0.3 is 12.3 Å². The minimum atomic E-state index is -5.32. The molecule has 5 rings (SSSR count). The fourth-order valence-corrected chi connectivity index (χ4v) is 7.75. The third-order valence-corrected chi connectivity index (χ3v) is 10.1. The number of carbonyl (C=O) groups is 2. The van der Waals surface area contributed by atoms with E-state index in [4.69, 9.17) is 14.2 Å². The Labute approximate surface area is 279 Å². The normalized spacial score (nSPS) is 21.4. The number of hydrogen-bond acceptors (Lipinski definition) is 11. The predicted molar refractivity (Wildman–Crippen MR) is 167 cm³/mol. The van der Waals surface area contributed by atoms with E-state index in [9.17, 15) is 41.4 Å². The number of methoxy groups -OCH3 is 2. The Bertz CT molecular complexity index is 1870. The SMILES string of the molecule is C/C=C(\CC1(N2C[C@H](O)CC2C(=O)OCc2ccccc2)C(=O)N(S(=O)(=O)c2ccc(OC)cc2OC(F)(F)F)c2ccc(O)cc21)OC. The van der Waals surface area contributed by atoms with Crippen molar-refractivity contribution >= 4 is 27.6 Å². The van der Waals surface area contributed by atoms with Gasteiger partial charge in [-0.1, -0.05) is 30.3 Å². The number of rotatable bonds is 11. The van der Waals surface area contributed by atoms with Crippen molar-refractivity contribution in [3.8, 4) is 17.2 Å². The van der Waals surface area contributed by atoms with Gasteiger partial charge < -0.3 is 29.2 Å². The molecule has 16 heteroatoms. The summed E-state index contributed by atoms with van der Waals surface area (Å²) in [6.45, 7) is 1.12. The van der Waals surface area contributed by atoms with Gasteiger partial charge in [0.1, 0.15) is 34.6 Å². The second-order valence-corrected chi connectivity index (χ2v) is 13.0. The molecule has 0 aliphatic carbocycles. The summed E-state index contributed by atoms with van der Waals surface area (Å²) in [7, 11) is -2.77. The molecule has 3 aromatic carbocycles. The average Bonchev–Trinajstić information content (AvgIpc) is 3.57. The molecule has 3 atom stereocenters. The van der Waals surface area contributed by atoms with Gasteiger partial charge in [-0.15, -0.1) is 13.2 Å². The molecule has 2 unspecified atom stereocenters. The summed E-state index contributed by atoms with van der Waals surface area (Å²) in [4.78, 5) is 28.9. The summed E-state index contributed by atoms with van der Waals surface area (Å²) < 4.78 is 89.7. The fourth-order valence-electron chi connectivity index (χ4n) is 6.17. The van der Waals surface area contributed by atoms with E-state index in [2.05, 4.69) is 4.74 Å². The molecule has 2 aliphatic heterocycles. The van der Waals surface area contributed by atoms with Gasteiger partial charge in [0.25, 0.3) is 15.9 Å². The molecule has 0 radical (unpaired) electrons. The van der Waals surface area contributed by atoms with Gasteiger partial charge in [-0.3, -0.25) is 14.5 Å². The standard InChI is InChI=1S/C33H33F3N2O10S/c1-4-23(45-2)17-32(37-18-22(40)15-27(37)30(41)47-19-20-8-6-5-7-9-20)25-14-21(39)10-12-26(25)38(31(32)42)49(43,44)29-13-11-24(46-3)16-28(29)48-33(34,35)36/h4-14,16,22,27,39-40H,15,17-19H2,1-3H3/b23-4+/t22-,27?,32?/m1/s1. The van der Waals surface area contributed by atoms with Gasteiger partial charge in [0.05, 0.1) is 31.8 Å². The lowest BCUT2D eigenvalue weighted by Gasteiger charge is -2.40. The lowest BCUT2D eigenvalue weighted by atomic mass is 9.84. The summed E-state index contributed by atoms with van der Waals surface area (Å²) in [5, 5.41) is 21.5. The summed E-state index contributed by atoms with van der Waals surface area (Å²) in [5.41, 5.74) is -1.93. The quantitative estimate of drug-likeness (QED) is 0.216. The maximum absolute atomic E-state index is 15.0. The number of alkyl halides is 3. The van der Waals surface area contributed by atoms with Crippen LogP contribution in [0.2, 0.25) is 0 Å². The minimum Gasteiger partial charge on any atom is -0.508 e. The molecule has 1 saturated heterocycles. The van der Waals surface area contributed by atoms with E-state index < -0.39 is 63.0 Å². The number of phenols is 1. The molecule has 2 N–H and O–H groups in total. The van der Waals surface area contributed by atoms with Crippen molar-refractivity contribution in [1.82, 2.24) is 4.90 Å². The van der Waals surface area contributed by atoms with Gasteiger partial charge in [0.15, 0.2) is 5.75 Å². The second-order valence-electron chi connectivity index (χ2n) is 11.3. The summed E-state index contributed by atoms with van der Waals surface area (Å²) in [6, 6.07) is 13.4. The highest BCUT2D eigenvalue weighted by Gasteiger charge is 2.63. The number of fused-ring (bicyclic) bond motifs is 1. The molecule has 1 amide bonds. The number of likely N-dealkylation sites (tertiary alicyclic amines) is 1. The molecule has 1 fully saturated rings. The first kappa shape index (κ1) is 35.5. The summed E-state index contributed by atoms with van der Waals surface area (Å²) >= 11 is 0. The molecule has 0 saturated carbocycles. The zero-order chi connectivity index (χ0) is 35.7. The largest absolute Gasteiger partial charge is 0.573 e. The van der Waals surface area contributed by atoms with Crippen molar-refractivity contribution in [3.05, 3.63) is 89.7 Å². The molecular weight excluding hydrogens is 673 g/mol. The predicted octanol–water partition coefficient (Wildman–Crippen LogP) is 4.35. The third-order valence-electron chi connectivity index (χ3n) is 8.36. The lowest BCUT2D eigenvalue weighted by Crippen LogP contribution is -2.58. The molecule has 12 nitrogen and oxygen atoms in total. The number of aromatic hydroxyl groups is 1. The Morgan fingerprint density at radius 2 is 1.80 bits per heavy atom. The average molecular weight is 707 g/mol. The first-order chi connectivity index (χ1) is 23.2. The van der Waals surface area contributed by atoms with Crippen LogP contribution in [0.1, 0.15) is 30.9 Å². The number of nitrogens with zero attached hydrogens (tertiary/aromatic N) is 2. The van der Waals surface area contributed by atoms with Crippen LogP contribution in [0, 0.1) is 0 Å². The van der Waals surface area contributed by atoms with Gasteiger partial charge in [0, 0.05) is 31.0 Å². The zero-order valence-electron chi connectivity index (χ0n) is 26.5. The maximum Gasteiger partial charge on any atom is 0.573 e. The topological polar surface area (TPSA) is 152 Å². The molecule has 49 heavy (non-hydrogen) atoms. The number of carbonyl (C=O) groups excluding carboxylic acids is 2. The molecule has 0 bridgehead atoms. The van der Waals surface area contributed by atoms with Crippen LogP contribution in [-0.2, 0) is 41.2 Å². The number of sulfonamides is 1. The lowest BCUT2D eigenvalue weighted by molar-refractivity contribution is -0.275. The fraction of sp³-hybridized carbons (Fsp3) is 0.333. The van der Waals surface area contributed by atoms with Crippen LogP contribution in [0.3, 0.4) is 0 Å². The Morgan fingerprint density at radius 1 is 1.08 bits per heavy atom. The van der Waals surface area contributed by atoms with E-state index in [1.165, 1.54) is 18.1 Å². The Morgan fingerprint density at radius 3 is 2.43 bits per heavy atom. The van der Waals surface area contributed by atoms with Gasteiger partial charge in [-0.2, -0.15) is 0 Å². The highest BCUT2D eigenvalue weighted by molar-refractivity contribution is 7.93. The third kappa shape index (κ3) is 6.75. The Kier molecular flexibility index (Phi) is 9.86. The number of halogens is 3. The number of esters is 1. The van der Waals surface area contributed by atoms with Crippen LogP contribution in [0.5, 0.6) is 17.2 Å². The number of allylic oxidation sites excluding steroid dienone is 1. The Hall–Kier alpha value is -4.80. The summed E-state index contributed by atoms with van der Waals surface area (Å²) in [5.74, 6) is -3.60. The second kappa shape index (κ2) is 13.6. The van der Waals surface area contributed by atoms with Crippen molar-refractivity contribution in [2.75, 3.05) is 25.1 Å². The molecule has 0 aromatic heterocycles. The van der Waals surface area contributed by atoms with Crippen LogP contribution < -0.4 is 13.8 Å². The molecule has 262 valence electrons. The van der Waals surface area contributed by atoms with Crippen molar-refractivity contribution in [3.63, 3.8) is 0 Å². The zero-order valence-corrected chi connectivity index (χ0v) is 27.3. The van der Waals surface area contributed by atoms with Gasteiger partial charge in [-0.25, -0.2) is 12.7 Å². The van der Waals surface area contributed by atoms with Crippen LogP contribution in [0.4, 0.5) is 18.9 Å². The number of benzene rings is 3. The van der Waals surface area contributed by atoms with Crippen LogP contribution in [0.15, 0.2) is 83.5 Å². The first-order valence-corrected chi connectivity index (χ1v) is 16.3. The van der Waals surface area contributed by atoms with Crippen LogP contribution in [-0.4, -0.2) is 74.7 Å². The first-order valence-electron chi connectivity index (χ1n) is 14.9.